The third-order valence-corrected chi connectivity index (χ3v) is 5.66. The number of nitrogens with zero attached hydrogens (tertiary/aromatic N) is 2. The van der Waals surface area contributed by atoms with E-state index in [1.165, 1.54) is 18.4 Å². The van der Waals surface area contributed by atoms with E-state index >= 15 is 0 Å². The molecule has 2 N–H and O–H groups in total. The fraction of sp³-hybridized carbons (Fsp3) is 0.474. The Kier molecular flexibility index (Phi) is 5.97. The van der Waals surface area contributed by atoms with Gasteiger partial charge in [-0.05, 0) is 36.0 Å². The summed E-state index contributed by atoms with van der Waals surface area (Å²) < 4.78 is 1.83. The van der Waals surface area contributed by atoms with Gasteiger partial charge in [-0.15, -0.1) is 0 Å². The van der Waals surface area contributed by atoms with Gasteiger partial charge in [-0.1, -0.05) is 68.6 Å². The summed E-state index contributed by atoms with van der Waals surface area (Å²) in [6.07, 6.45) is 5.53. The van der Waals surface area contributed by atoms with Crippen molar-refractivity contribution in [2.45, 2.75) is 45.7 Å². The summed E-state index contributed by atoms with van der Waals surface area (Å²) in [5, 5.41) is 12.3. The van der Waals surface area contributed by atoms with Crippen molar-refractivity contribution in [3.8, 4) is 0 Å². The molecule has 0 spiro atoms. The lowest BCUT2D eigenvalue weighted by Crippen LogP contribution is -2.45. The van der Waals surface area contributed by atoms with Crippen molar-refractivity contribution in [2.24, 2.45) is 11.8 Å². The van der Waals surface area contributed by atoms with Crippen LogP contribution in [0, 0.1) is 11.8 Å². The lowest BCUT2D eigenvalue weighted by molar-refractivity contribution is 0.225. The first-order valence-corrected chi connectivity index (χ1v) is 9.66. The second-order valence-electron chi connectivity index (χ2n) is 6.98. The summed E-state index contributed by atoms with van der Waals surface area (Å²) >= 11 is 11.8. The topological polar surface area (TPSA) is 41.9 Å². The molecule has 0 saturated heterocycles. The van der Waals surface area contributed by atoms with Gasteiger partial charge in [-0.2, -0.15) is 5.10 Å². The number of nitrogens with one attached hydrogen (secondary N) is 2. The van der Waals surface area contributed by atoms with Crippen molar-refractivity contribution in [3.05, 3.63) is 47.1 Å². The Morgan fingerprint density at radius 1 is 1.28 bits per heavy atom. The zero-order valence-electron chi connectivity index (χ0n) is 14.7. The number of thiocarbonyl (C=S) groups is 1. The number of benzene rings is 1. The predicted molar refractivity (Wildman–Crippen MR) is 108 cm³/mol. The smallest absolute Gasteiger partial charge is 0.173 e. The van der Waals surface area contributed by atoms with Crippen LogP contribution in [0.2, 0.25) is 5.02 Å². The zero-order valence-corrected chi connectivity index (χ0v) is 16.3. The Balaban J connectivity index is 1.60. The normalized spacial score (nSPS) is 23.2. The van der Waals surface area contributed by atoms with Gasteiger partial charge in [-0.25, -0.2) is 0 Å². The largest absolute Gasteiger partial charge is 0.359 e. The number of hydrogen-bond acceptors (Lipinski definition) is 2. The van der Waals surface area contributed by atoms with E-state index in [1.54, 1.807) is 0 Å². The minimum absolute atomic E-state index is 0.411. The van der Waals surface area contributed by atoms with Crippen molar-refractivity contribution < 1.29 is 0 Å². The van der Waals surface area contributed by atoms with Gasteiger partial charge in [0, 0.05) is 12.2 Å². The minimum Gasteiger partial charge on any atom is -0.359 e. The molecule has 6 heteroatoms. The minimum atomic E-state index is 0.411. The van der Waals surface area contributed by atoms with E-state index in [0.717, 1.165) is 12.3 Å². The van der Waals surface area contributed by atoms with Gasteiger partial charge in [0.05, 0.1) is 6.54 Å². The van der Waals surface area contributed by atoms with Crippen LogP contribution in [0.15, 0.2) is 36.5 Å². The van der Waals surface area contributed by atoms with Crippen LogP contribution in [-0.4, -0.2) is 20.9 Å². The molecule has 1 aromatic carbocycles. The molecule has 1 aliphatic carbocycles. The van der Waals surface area contributed by atoms with Crippen LogP contribution in [0.3, 0.4) is 0 Å². The van der Waals surface area contributed by atoms with Crippen molar-refractivity contribution >= 4 is 34.7 Å². The third-order valence-electron chi connectivity index (χ3n) is 5.16. The van der Waals surface area contributed by atoms with Crippen LogP contribution < -0.4 is 10.6 Å². The Morgan fingerprint density at radius 2 is 2.04 bits per heavy atom. The van der Waals surface area contributed by atoms with Crippen molar-refractivity contribution in [2.75, 3.05) is 5.32 Å². The van der Waals surface area contributed by atoms with Gasteiger partial charge in [-0.3, -0.25) is 4.68 Å². The fourth-order valence-corrected chi connectivity index (χ4v) is 3.88. The van der Waals surface area contributed by atoms with Crippen molar-refractivity contribution in [1.82, 2.24) is 15.1 Å². The summed E-state index contributed by atoms with van der Waals surface area (Å²) in [5.41, 5.74) is 1.18. The van der Waals surface area contributed by atoms with Gasteiger partial charge < -0.3 is 10.6 Å². The van der Waals surface area contributed by atoms with Gasteiger partial charge >= 0.3 is 0 Å². The van der Waals surface area contributed by atoms with E-state index in [4.69, 9.17) is 23.8 Å². The number of halogens is 1. The number of anilines is 1. The molecule has 0 aliphatic heterocycles. The van der Waals surface area contributed by atoms with Crippen LogP contribution in [0.4, 0.5) is 5.82 Å². The van der Waals surface area contributed by atoms with Crippen LogP contribution >= 0.6 is 23.8 Å². The van der Waals surface area contributed by atoms with E-state index in [9.17, 15) is 0 Å². The Hall–Kier alpha value is -1.59. The standard InChI is InChI=1S/C19H25ClN4S/c1-13-7-6-10-17(14(13)2)21-19(25)22-18-16(20)12-24(23-18)11-15-8-4-3-5-9-15/h3-5,8-9,12-14,17H,6-7,10-11H2,1-2H3,(H2,21,22,23,25)/t13-,14+,17+/m0/s1. The Labute approximate surface area is 160 Å². The monoisotopic (exact) mass is 376 g/mol. The summed E-state index contributed by atoms with van der Waals surface area (Å²) in [6.45, 7) is 5.29. The van der Waals surface area contributed by atoms with Crippen LogP contribution in [0.25, 0.3) is 0 Å². The molecule has 0 amide bonds. The van der Waals surface area contributed by atoms with Gasteiger partial charge in [0.2, 0.25) is 0 Å². The number of rotatable bonds is 4. The summed E-state index contributed by atoms with van der Waals surface area (Å²) in [5.74, 6) is 1.94. The molecule has 3 rings (SSSR count). The van der Waals surface area contributed by atoms with Crippen LogP contribution in [0.5, 0.6) is 0 Å². The molecular formula is C19H25ClN4S. The highest BCUT2D eigenvalue weighted by atomic mass is 35.5. The molecular weight excluding hydrogens is 352 g/mol. The predicted octanol–water partition coefficient (Wildman–Crippen LogP) is 4.70. The molecule has 1 aliphatic rings. The summed E-state index contributed by atoms with van der Waals surface area (Å²) in [7, 11) is 0. The fourth-order valence-electron chi connectivity index (χ4n) is 3.43. The molecule has 4 nitrogen and oxygen atoms in total. The first-order valence-electron chi connectivity index (χ1n) is 8.87. The van der Waals surface area contributed by atoms with Gasteiger partial charge in [0.25, 0.3) is 0 Å². The third kappa shape index (κ3) is 4.73. The second kappa shape index (κ2) is 8.19. The van der Waals surface area contributed by atoms with Gasteiger partial charge in [0.15, 0.2) is 10.9 Å². The first-order chi connectivity index (χ1) is 12.0. The molecule has 0 bridgehead atoms. The average molecular weight is 377 g/mol. The van der Waals surface area contributed by atoms with Crippen LogP contribution in [-0.2, 0) is 6.54 Å². The lowest BCUT2D eigenvalue weighted by atomic mass is 9.78. The molecule has 1 aromatic heterocycles. The van der Waals surface area contributed by atoms with Crippen molar-refractivity contribution in [3.63, 3.8) is 0 Å². The van der Waals surface area contributed by atoms with Crippen molar-refractivity contribution in [1.29, 1.82) is 0 Å². The molecule has 134 valence electrons. The Bertz CT molecular complexity index is 715. The highest BCUT2D eigenvalue weighted by molar-refractivity contribution is 7.80. The highest BCUT2D eigenvalue weighted by Gasteiger charge is 2.27. The molecule has 1 heterocycles. The Morgan fingerprint density at radius 3 is 2.80 bits per heavy atom. The number of aromatic nitrogens is 2. The van der Waals surface area contributed by atoms with E-state index < -0.39 is 0 Å². The summed E-state index contributed by atoms with van der Waals surface area (Å²) in [4.78, 5) is 0. The maximum Gasteiger partial charge on any atom is 0.173 e. The highest BCUT2D eigenvalue weighted by Crippen LogP contribution is 2.29. The van der Waals surface area contributed by atoms with E-state index in [2.05, 4.69) is 41.7 Å². The zero-order chi connectivity index (χ0) is 17.8. The van der Waals surface area contributed by atoms with E-state index in [-0.39, 0.29) is 0 Å². The van der Waals surface area contributed by atoms with Gasteiger partial charge in [0.1, 0.15) is 5.02 Å². The van der Waals surface area contributed by atoms with E-state index in [0.29, 0.717) is 34.5 Å². The molecule has 1 saturated carbocycles. The maximum atomic E-state index is 6.32. The molecule has 1 fully saturated rings. The van der Waals surface area contributed by atoms with E-state index in [1.807, 2.05) is 29.1 Å². The molecule has 3 atom stereocenters. The average Bonchev–Trinajstić information content (AvgIpc) is 2.92. The van der Waals surface area contributed by atoms with Crippen LogP contribution in [0.1, 0.15) is 38.7 Å². The molecule has 25 heavy (non-hydrogen) atoms. The SMILES string of the molecule is C[C@@H]1[C@@H](C)CCC[C@H]1NC(=S)Nc1nn(Cc2ccccc2)cc1Cl. The molecule has 0 unspecified atom stereocenters. The number of hydrogen-bond donors (Lipinski definition) is 2. The summed E-state index contributed by atoms with van der Waals surface area (Å²) in [6, 6.07) is 10.6. The maximum absolute atomic E-state index is 6.32. The lowest BCUT2D eigenvalue weighted by Gasteiger charge is -2.35. The second-order valence-corrected chi connectivity index (χ2v) is 7.80. The molecule has 0 radical (unpaired) electrons. The first kappa shape index (κ1) is 18.2. The quantitative estimate of drug-likeness (QED) is 0.759. The molecule has 2 aromatic rings.